The highest BCUT2D eigenvalue weighted by atomic mass is 35.5. The standard InChI is InChI=1S/C25H21ClN2O4/c1-3-15(2)16-7-9-19(10-8-16)28-24(30)21(23(29)27-25(28)31)14-20-11-12-22(32-20)17-5-4-6-18(26)13-17/h4-15H,3H2,1-2H3,(H,27,29,31)/b21-14-/t15-/m1/s1. The van der Waals surface area contributed by atoms with E-state index in [0.717, 1.165) is 22.4 Å². The molecule has 1 fully saturated rings. The number of hydrogen-bond acceptors (Lipinski definition) is 4. The Morgan fingerprint density at radius 1 is 1.06 bits per heavy atom. The molecular weight excluding hydrogens is 428 g/mol. The van der Waals surface area contributed by atoms with Crippen LogP contribution in [0.4, 0.5) is 10.5 Å². The molecule has 6 nitrogen and oxygen atoms in total. The number of furan rings is 1. The van der Waals surface area contributed by atoms with Gasteiger partial charge in [-0.25, -0.2) is 9.69 Å². The molecule has 1 aromatic heterocycles. The largest absolute Gasteiger partial charge is 0.457 e. The normalized spacial score (nSPS) is 16.4. The number of urea groups is 1. The lowest BCUT2D eigenvalue weighted by Gasteiger charge is -2.26. The van der Waals surface area contributed by atoms with Crippen LogP contribution in [0.2, 0.25) is 5.02 Å². The summed E-state index contributed by atoms with van der Waals surface area (Å²) in [5.41, 5.74) is 2.07. The topological polar surface area (TPSA) is 79.6 Å². The third-order valence-electron chi connectivity index (χ3n) is 5.46. The third-order valence-corrected chi connectivity index (χ3v) is 5.69. The highest BCUT2D eigenvalue weighted by Gasteiger charge is 2.37. The Labute approximate surface area is 190 Å². The lowest BCUT2D eigenvalue weighted by molar-refractivity contribution is -0.122. The van der Waals surface area contributed by atoms with Crippen LogP contribution in [-0.4, -0.2) is 17.8 Å². The number of carbonyl (C=O) groups excluding carboxylic acids is 3. The van der Waals surface area contributed by atoms with Crippen LogP contribution in [0.15, 0.2) is 70.7 Å². The van der Waals surface area contributed by atoms with Crippen molar-refractivity contribution in [1.82, 2.24) is 5.32 Å². The second kappa shape index (κ2) is 8.85. The summed E-state index contributed by atoms with van der Waals surface area (Å²) in [7, 11) is 0. The van der Waals surface area contributed by atoms with Gasteiger partial charge in [-0.15, -0.1) is 0 Å². The van der Waals surface area contributed by atoms with Crippen LogP contribution in [0.5, 0.6) is 0 Å². The highest BCUT2D eigenvalue weighted by molar-refractivity contribution is 6.39. The quantitative estimate of drug-likeness (QED) is 0.396. The van der Waals surface area contributed by atoms with E-state index in [1.165, 1.54) is 6.08 Å². The fourth-order valence-corrected chi connectivity index (χ4v) is 3.64. The molecule has 3 aromatic rings. The number of rotatable bonds is 5. The number of halogens is 1. The molecule has 0 radical (unpaired) electrons. The number of carbonyl (C=O) groups is 3. The van der Waals surface area contributed by atoms with Crippen molar-refractivity contribution >= 4 is 41.2 Å². The van der Waals surface area contributed by atoms with Crippen molar-refractivity contribution in [2.45, 2.75) is 26.2 Å². The number of nitrogens with one attached hydrogen (secondary N) is 1. The zero-order chi connectivity index (χ0) is 22.8. The fraction of sp³-hybridized carbons (Fsp3) is 0.160. The number of anilines is 1. The molecule has 4 rings (SSSR count). The molecule has 1 aliphatic heterocycles. The molecule has 0 spiro atoms. The van der Waals surface area contributed by atoms with Gasteiger partial charge in [0.15, 0.2) is 0 Å². The number of amides is 4. The number of hydrogen-bond donors (Lipinski definition) is 1. The van der Waals surface area contributed by atoms with E-state index in [9.17, 15) is 14.4 Å². The van der Waals surface area contributed by atoms with Gasteiger partial charge < -0.3 is 4.42 Å². The van der Waals surface area contributed by atoms with Gasteiger partial charge in [-0.3, -0.25) is 14.9 Å². The molecule has 2 heterocycles. The van der Waals surface area contributed by atoms with E-state index in [2.05, 4.69) is 19.2 Å². The van der Waals surface area contributed by atoms with Crippen molar-refractivity contribution < 1.29 is 18.8 Å². The zero-order valence-corrected chi connectivity index (χ0v) is 18.3. The van der Waals surface area contributed by atoms with Crippen molar-refractivity contribution in [2.75, 3.05) is 4.90 Å². The van der Waals surface area contributed by atoms with Gasteiger partial charge in [-0.2, -0.15) is 0 Å². The van der Waals surface area contributed by atoms with Crippen molar-refractivity contribution in [3.8, 4) is 11.3 Å². The minimum atomic E-state index is -0.785. The Bertz CT molecular complexity index is 1230. The average molecular weight is 449 g/mol. The summed E-state index contributed by atoms with van der Waals surface area (Å²) in [6, 6.07) is 16.9. The number of benzene rings is 2. The highest BCUT2D eigenvalue weighted by Crippen LogP contribution is 2.28. The predicted octanol–water partition coefficient (Wildman–Crippen LogP) is 5.78. The zero-order valence-electron chi connectivity index (χ0n) is 17.6. The van der Waals surface area contributed by atoms with E-state index in [1.807, 2.05) is 18.2 Å². The van der Waals surface area contributed by atoms with Gasteiger partial charge in [0.1, 0.15) is 17.1 Å². The summed E-state index contributed by atoms with van der Waals surface area (Å²) in [6.07, 6.45) is 2.31. The Balaban J connectivity index is 1.63. The van der Waals surface area contributed by atoms with Crippen LogP contribution in [0.1, 0.15) is 37.5 Å². The maximum absolute atomic E-state index is 13.1. The molecule has 0 unspecified atom stereocenters. The van der Waals surface area contributed by atoms with E-state index in [4.69, 9.17) is 16.0 Å². The van der Waals surface area contributed by atoms with Gasteiger partial charge in [-0.1, -0.05) is 49.7 Å². The minimum absolute atomic E-state index is 0.192. The third kappa shape index (κ3) is 4.22. The van der Waals surface area contributed by atoms with E-state index in [1.54, 1.807) is 42.5 Å². The summed E-state index contributed by atoms with van der Waals surface area (Å²) in [6.45, 7) is 4.20. The molecule has 0 saturated carbocycles. The van der Waals surface area contributed by atoms with E-state index in [0.29, 0.717) is 28.1 Å². The maximum atomic E-state index is 13.1. The SMILES string of the molecule is CC[C@@H](C)c1ccc(N2C(=O)NC(=O)/C(=C/c3ccc(-c4cccc(Cl)c4)o3)C2=O)cc1. The van der Waals surface area contributed by atoms with Gasteiger partial charge in [0.25, 0.3) is 11.8 Å². The minimum Gasteiger partial charge on any atom is -0.457 e. The van der Waals surface area contributed by atoms with Crippen LogP contribution in [-0.2, 0) is 9.59 Å². The first-order chi connectivity index (χ1) is 15.4. The summed E-state index contributed by atoms with van der Waals surface area (Å²) in [5, 5.41) is 2.79. The molecule has 1 atom stereocenters. The first-order valence-corrected chi connectivity index (χ1v) is 10.6. The first-order valence-electron chi connectivity index (χ1n) is 10.2. The van der Waals surface area contributed by atoms with Gasteiger partial charge in [-0.05, 0) is 60.4 Å². The van der Waals surface area contributed by atoms with E-state index in [-0.39, 0.29) is 5.57 Å². The van der Waals surface area contributed by atoms with Gasteiger partial charge >= 0.3 is 6.03 Å². The van der Waals surface area contributed by atoms with Crippen molar-refractivity contribution in [3.05, 3.63) is 82.6 Å². The first kappa shape index (κ1) is 21.6. The van der Waals surface area contributed by atoms with Crippen LogP contribution in [0.25, 0.3) is 17.4 Å². The molecule has 2 aromatic carbocycles. The molecule has 1 saturated heterocycles. The smallest absolute Gasteiger partial charge is 0.335 e. The lowest BCUT2D eigenvalue weighted by Crippen LogP contribution is -2.54. The molecule has 0 bridgehead atoms. The Morgan fingerprint density at radius 2 is 1.81 bits per heavy atom. The summed E-state index contributed by atoms with van der Waals surface area (Å²) < 4.78 is 5.78. The summed E-state index contributed by atoms with van der Waals surface area (Å²) in [4.78, 5) is 38.8. The van der Waals surface area contributed by atoms with Crippen molar-refractivity contribution in [1.29, 1.82) is 0 Å². The van der Waals surface area contributed by atoms with Crippen LogP contribution >= 0.6 is 11.6 Å². The molecule has 1 N–H and O–H groups in total. The van der Waals surface area contributed by atoms with Crippen molar-refractivity contribution in [2.24, 2.45) is 0 Å². The molecule has 162 valence electrons. The van der Waals surface area contributed by atoms with Gasteiger partial charge in [0.05, 0.1) is 5.69 Å². The molecule has 1 aliphatic rings. The van der Waals surface area contributed by atoms with Crippen molar-refractivity contribution in [3.63, 3.8) is 0 Å². The summed E-state index contributed by atoms with van der Waals surface area (Å²) >= 11 is 6.03. The Hall–Kier alpha value is -3.64. The van der Waals surface area contributed by atoms with Crippen LogP contribution in [0.3, 0.4) is 0 Å². The number of nitrogens with zero attached hydrogens (tertiary/aromatic N) is 1. The molecular formula is C25H21ClN2O4. The maximum Gasteiger partial charge on any atom is 0.335 e. The van der Waals surface area contributed by atoms with E-state index >= 15 is 0 Å². The second-order valence-corrected chi connectivity index (χ2v) is 8.01. The van der Waals surface area contributed by atoms with Crippen LogP contribution in [0, 0.1) is 0 Å². The molecule has 32 heavy (non-hydrogen) atoms. The lowest BCUT2D eigenvalue weighted by atomic mass is 9.98. The Morgan fingerprint density at radius 3 is 2.50 bits per heavy atom. The molecule has 4 amide bonds. The summed E-state index contributed by atoms with van der Waals surface area (Å²) in [5.74, 6) is -0.278. The van der Waals surface area contributed by atoms with Gasteiger partial charge in [0, 0.05) is 10.6 Å². The molecule has 0 aliphatic carbocycles. The predicted molar refractivity (Wildman–Crippen MR) is 123 cm³/mol. The monoisotopic (exact) mass is 448 g/mol. The second-order valence-electron chi connectivity index (χ2n) is 7.57. The molecule has 7 heteroatoms. The van der Waals surface area contributed by atoms with Gasteiger partial charge in [0.2, 0.25) is 0 Å². The number of imide groups is 2. The average Bonchev–Trinajstić information content (AvgIpc) is 3.25. The fourth-order valence-electron chi connectivity index (χ4n) is 3.45. The van der Waals surface area contributed by atoms with E-state index < -0.39 is 17.8 Å². The Kier molecular flexibility index (Phi) is 5.97. The van der Waals surface area contributed by atoms with Crippen LogP contribution < -0.4 is 10.2 Å². The number of barbiturate groups is 1.